The van der Waals surface area contributed by atoms with Crippen LogP contribution in [-0.2, 0) is 30.8 Å². The van der Waals surface area contributed by atoms with Crippen LogP contribution in [0.3, 0.4) is 0 Å². The molecule has 0 spiro atoms. The molecular weight excluding hydrogens is 418 g/mol. The van der Waals surface area contributed by atoms with E-state index in [9.17, 15) is 14.7 Å². The number of fused-ring (bicyclic) bond motifs is 1. The smallest absolute Gasteiger partial charge is 0.275 e. The third-order valence-corrected chi connectivity index (χ3v) is 6.26. The summed E-state index contributed by atoms with van der Waals surface area (Å²) in [6.07, 6.45) is 0.793. The summed E-state index contributed by atoms with van der Waals surface area (Å²) >= 11 is 0. The molecule has 2 N–H and O–H groups in total. The predicted molar refractivity (Wildman–Crippen MR) is 123 cm³/mol. The molecule has 0 aliphatic carbocycles. The monoisotopic (exact) mass is 445 g/mol. The number of carbonyl (C=O) groups excluding carboxylic acids is 2. The van der Waals surface area contributed by atoms with Crippen LogP contribution >= 0.6 is 0 Å². The van der Waals surface area contributed by atoms with E-state index in [4.69, 9.17) is 5.10 Å². The molecule has 1 saturated heterocycles. The van der Waals surface area contributed by atoms with Gasteiger partial charge in [-0.2, -0.15) is 5.10 Å². The fraction of sp³-hybridized carbons (Fsp3) is 0.320. The SMILES string of the molecule is O=C1CN(C(=O)c2nn(Cc3ccccc3)c3c2CN(Cc2ccc(O)cc2)CC3)CCN1. The first-order chi connectivity index (χ1) is 16.1. The Morgan fingerprint density at radius 3 is 2.48 bits per heavy atom. The molecule has 8 heteroatoms. The number of phenols is 1. The molecular formula is C25H27N5O3. The number of benzene rings is 2. The Hall–Kier alpha value is -3.65. The van der Waals surface area contributed by atoms with Crippen molar-refractivity contribution in [2.75, 3.05) is 26.2 Å². The number of hydrogen-bond acceptors (Lipinski definition) is 5. The lowest BCUT2D eigenvalue weighted by Crippen LogP contribution is -2.50. The number of carbonyl (C=O) groups is 2. The normalized spacial score (nSPS) is 16.4. The van der Waals surface area contributed by atoms with Gasteiger partial charge in [0.2, 0.25) is 5.91 Å². The molecule has 0 saturated carbocycles. The van der Waals surface area contributed by atoms with Gasteiger partial charge in [0.25, 0.3) is 5.91 Å². The highest BCUT2D eigenvalue weighted by Crippen LogP contribution is 2.26. The van der Waals surface area contributed by atoms with Crippen LogP contribution in [0.2, 0.25) is 0 Å². The molecule has 0 unspecified atom stereocenters. The third kappa shape index (κ3) is 4.61. The maximum atomic E-state index is 13.4. The summed E-state index contributed by atoms with van der Waals surface area (Å²) in [5, 5.41) is 17.1. The van der Waals surface area contributed by atoms with E-state index in [2.05, 4.69) is 22.3 Å². The van der Waals surface area contributed by atoms with E-state index in [1.54, 1.807) is 17.0 Å². The third-order valence-electron chi connectivity index (χ3n) is 6.26. The molecule has 3 aromatic rings. The molecule has 33 heavy (non-hydrogen) atoms. The van der Waals surface area contributed by atoms with Gasteiger partial charge in [-0.3, -0.25) is 19.2 Å². The van der Waals surface area contributed by atoms with Crippen molar-refractivity contribution in [2.24, 2.45) is 0 Å². The number of nitrogens with one attached hydrogen (secondary N) is 1. The van der Waals surface area contributed by atoms with E-state index >= 15 is 0 Å². The lowest BCUT2D eigenvalue weighted by Gasteiger charge is -2.29. The highest BCUT2D eigenvalue weighted by molar-refractivity contribution is 5.97. The molecule has 3 heterocycles. The van der Waals surface area contributed by atoms with Gasteiger partial charge in [-0.1, -0.05) is 42.5 Å². The number of phenolic OH excluding ortho intramolecular Hbond substituents is 1. The first kappa shape index (κ1) is 21.2. The summed E-state index contributed by atoms with van der Waals surface area (Å²) in [5.74, 6) is -0.0687. The summed E-state index contributed by atoms with van der Waals surface area (Å²) in [6.45, 7) is 3.82. The van der Waals surface area contributed by atoms with Crippen molar-refractivity contribution in [1.29, 1.82) is 0 Å². The summed E-state index contributed by atoms with van der Waals surface area (Å²) in [5.41, 5.74) is 4.72. The van der Waals surface area contributed by atoms with Crippen LogP contribution in [0.4, 0.5) is 0 Å². The molecule has 2 amide bonds. The summed E-state index contributed by atoms with van der Waals surface area (Å²) < 4.78 is 1.96. The fourth-order valence-corrected chi connectivity index (χ4v) is 4.56. The largest absolute Gasteiger partial charge is 0.508 e. The number of amides is 2. The Bertz CT molecular complexity index is 1160. The molecule has 0 bridgehead atoms. The molecule has 2 aliphatic rings. The molecule has 1 aromatic heterocycles. The summed E-state index contributed by atoms with van der Waals surface area (Å²) in [4.78, 5) is 29.2. The van der Waals surface area contributed by atoms with Crippen molar-refractivity contribution in [2.45, 2.75) is 26.1 Å². The van der Waals surface area contributed by atoms with Crippen LogP contribution in [0.5, 0.6) is 5.75 Å². The number of aromatic nitrogens is 2. The number of hydrogen-bond donors (Lipinski definition) is 2. The van der Waals surface area contributed by atoms with Crippen molar-refractivity contribution in [1.82, 2.24) is 24.9 Å². The van der Waals surface area contributed by atoms with Crippen LogP contribution in [0.25, 0.3) is 0 Å². The molecule has 1 fully saturated rings. The predicted octanol–water partition coefficient (Wildman–Crippen LogP) is 1.77. The van der Waals surface area contributed by atoms with Gasteiger partial charge in [-0.25, -0.2) is 0 Å². The number of piperazine rings is 1. The topological polar surface area (TPSA) is 90.7 Å². The molecule has 170 valence electrons. The number of rotatable bonds is 5. The van der Waals surface area contributed by atoms with E-state index < -0.39 is 0 Å². The second kappa shape index (κ2) is 9.07. The second-order valence-electron chi connectivity index (χ2n) is 8.62. The van der Waals surface area contributed by atoms with E-state index in [1.165, 1.54) is 0 Å². The standard InChI is InChI=1S/C25H27N5O3/c31-20-8-6-19(7-9-20)14-28-12-10-22-21(16-28)24(25(33)29-13-11-26-23(32)17-29)27-30(22)15-18-4-2-1-3-5-18/h1-9,31H,10-17H2,(H,26,32). The first-order valence-electron chi connectivity index (χ1n) is 11.3. The Morgan fingerprint density at radius 2 is 1.73 bits per heavy atom. The number of aromatic hydroxyl groups is 1. The van der Waals surface area contributed by atoms with Crippen molar-refractivity contribution >= 4 is 11.8 Å². The Labute approximate surface area is 192 Å². The van der Waals surface area contributed by atoms with Gasteiger partial charge >= 0.3 is 0 Å². The highest BCUT2D eigenvalue weighted by atomic mass is 16.3. The van der Waals surface area contributed by atoms with E-state index in [-0.39, 0.29) is 24.1 Å². The van der Waals surface area contributed by atoms with Gasteiger partial charge in [0, 0.05) is 50.4 Å². The van der Waals surface area contributed by atoms with Crippen molar-refractivity contribution in [3.63, 3.8) is 0 Å². The molecule has 2 aromatic carbocycles. The van der Waals surface area contributed by atoms with Crippen molar-refractivity contribution in [3.8, 4) is 5.75 Å². The fourth-order valence-electron chi connectivity index (χ4n) is 4.56. The minimum Gasteiger partial charge on any atom is -0.508 e. The maximum Gasteiger partial charge on any atom is 0.275 e. The lowest BCUT2D eigenvalue weighted by molar-refractivity contribution is -0.123. The quantitative estimate of drug-likeness (QED) is 0.625. The first-order valence-corrected chi connectivity index (χ1v) is 11.3. The molecule has 2 aliphatic heterocycles. The average molecular weight is 446 g/mol. The second-order valence-corrected chi connectivity index (χ2v) is 8.62. The van der Waals surface area contributed by atoms with Gasteiger partial charge in [0.05, 0.1) is 13.1 Å². The Morgan fingerprint density at radius 1 is 0.970 bits per heavy atom. The molecule has 5 rings (SSSR count). The zero-order valence-electron chi connectivity index (χ0n) is 18.4. The van der Waals surface area contributed by atoms with Crippen molar-refractivity contribution < 1.29 is 14.7 Å². The van der Waals surface area contributed by atoms with Crippen LogP contribution in [0.15, 0.2) is 54.6 Å². The van der Waals surface area contributed by atoms with Crippen LogP contribution in [0.1, 0.15) is 32.9 Å². The van der Waals surface area contributed by atoms with E-state index in [1.807, 2.05) is 35.0 Å². The van der Waals surface area contributed by atoms with Gasteiger partial charge in [0.1, 0.15) is 5.75 Å². The van der Waals surface area contributed by atoms with Gasteiger partial charge in [0.15, 0.2) is 5.69 Å². The van der Waals surface area contributed by atoms with E-state index in [0.29, 0.717) is 31.9 Å². The van der Waals surface area contributed by atoms with Gasteiger partial charge < -0.3 is 15.3 Å². The van der Waals surface area contributed by atoms with Gasteiger partial charge in [-0.15, -0.1) is 0 Å². The summed E-state index contributed by atoms with van der Waals surface area (Å²) in [6, 6.07) is 17.3. The molecule has 0 atom stereocenters. The Balaban J connectivity index is 1.44. The van der Waals surface area contributed by atoms with Gasteiger partial charge in [-0.05, 0) is 23.3 Å². The van der Waals surface area contributed by atoms with Crippen LogP contribution in [0, 0.1) is 0 Å². The Kier molecular flexibility index (Phi) is 5.83. The highest BCUT2D eigenvalue weighted by Gasteiger charge is 2.32. The van der Waals surface area contributed by atoms with E-state index in [0.717, 1.165) is 41.9 Å². The maximum absolute atomic E-state index is 13.4. The van der Waals surface area contributed by atoms with Crippen LogP contribution in [-0.4, -0.2) is 62.7 Å². The lowest BCUT2D eigenvalue weighted by atomic mass is 10.0. The summed E-state index contributed by atoms with van der Waals surface area (Å²) in [7, 11) is 0. The minimum atomic E-state index is -0.181. The zero-order valence-corrected chi connectivity index (χ0v) is 18.4. The molecule has 0 radical (unpaired) electrons. The average Bonchev–Trinajstić information content (AvgIpc) is 3.18. The molecule has 8 nitrogen and oxygen atoms in total. The number of nitrogens with zero attached hydrogens (tertiary/aromatic N) is 4. The van der Waals surface area contributed by atoms with Crippen LogP contribution < -0.4 is 5.32 Å². The zero-order chi connectivity index (χ0) is 22.8. The minimum absolute atomic E-state index is 0.0658. The van der Waals surface area contributed by atoms with Crippen molar-refractivity contribution in [3.05, 3.63) is 82.7 Å².